The van der Waals surface area contributed by atoms with Crippen LogP contribution in [0.25, 0.3) is 0 Å². The van der Waals surface area contributed by atoms with Gasteiger partial charge in [-0.2, -0.15) is 0 Å². The molecular formula is C9H15NO2. The van der Waals surface area contributed by atoms with Gasteiger partial charge < -0.3 is 15.3 Å². The van der Waals surface area contributed by atoms with E-state index in [4.69, 9.17) is 15.3 Å². The molecule has 0 aliphatic heterocycles. The fraction of sp³-hybridized carbons (Fsp3) is 0.556. The summed E-state index contributed by atoms with van der Waals surface area (Å²) in [7, 11) is 0. The van der Waals surface area contributed by atoms with Crippen molar-refractivity contribution >= 4 is 0 Å². The second kappa shape index (κ2) is 3.74. The Morgan fingerprint density at radius 1 is 1.67 bits per heavy atom. The summed E-state index contributed by atoms with van der Waals surface area (Å²) in [4.78, 5) is 0. The molecule has 0 saturated heterocycles. The Bertz CT molecular complexity index is 216. The molecule has 3 N–H and O–H groups in total. The van der Waals surface area contributed by atoms with Gasteiger partial charge in [0, 0.05) is 12.0 Å². The van der Waals surface area contributed by atoms with Gasteiger partial charge in [0.05, 0.1) is 12.9 Å². The van der Waals surface area contributed by atoms with Crippen molar-refractivity contribution in [3.05, 3.63) is 24.2 Å². The van der Waals surface area contributed by atoms with Crippen LogP contribution in [0.3, 0.4) is 0 Å². The lowest BCUT2D eigenvalue weighted by atomic mass is 9.98. The molecule has 1 heterocycles. The minimum absolute atomic E-state index is 0.00765. The molecule has 0 amide bonds. The standard InChI is InChI=1S/C9H15NO2/c1-9(10,7-11)5-4-8-3-2-6-12-8/h2-3,6,11H,4-5,7,10H2,1H3. The van der Waals surface area contributed by atoms with Crippen LogP contribution >= 0.6 is 0 Å². The smallest absolute Gasteiger partial charge is 0.103 e. The third-order valence-electron chi connectivity index (χ3n) is 1.88. The minimum atomic E-state index is -0.493. The van der Waals surface area contributed by atoms with Gasteiger partial charge in [-0.05, 0) is 25.5 Å². The molecule has 0 aliphatic carbocycles. The quantitative estimate of drug-likeness (QED) is 0.704. The first-order valence-corrected chi connectivity index (χ1v) is 4.06. The molecule has 0 saturated carbocycles. The van der Waals surface area contributed by atoms with Crippen LogP contribution in [0.1, 0.15) is 19.1 Å². The van der Waals surface area contributed by atoms with Crippen molar-refractivity contribution < 1.29 is 9.52 Å². The predicted molar refractivity (Wildman–Crippen MR) is 46.7 cm³/mol. The summed E-state index contributed by atoms with van der Waals surface area (Å²) in [6, 6.07) is 3.76. The lowest BCUT2D eigenvalue weighted by Gasteiger charge is -2.20. The molecule has 1 aromatic heterocycles. The molecule has 1 aromatic rings. The maximum Gasteiger partial charge on any atom is 0.103 e. The summed E-state index contributed by atoms with van der Waals surface area (Å²) in [5, 5.41) is 8.87. The molecule has 0 aliphatic rings. The van der Waals surface area contributed by atoms with Crippen molar-refractivity contribution in [3.63, 3.8) is 0 Å². The second-order valence-corrected chi connectivity index (χ2v) is 3.39. The van der Waals surface area contributed by atoms with E-state index in [-0.39, 0.29) is 6.61 Å². The van der Waals surface area contributed by atoms with E-state index in [1.807, 2.05) is 19.1 Å². The lowest BCUT2D eigenvalue weighted by Crippen LogP contribution is -2.40. The van der Waals surface area contributed by atoms with Gasteiger partial charge in [-0.15, -0.1) is 0 Å². The Hall–Kier alpha value is -0.800. The summed E-state index contributed by atoms with van der Waals surface area (Å²) in [6.07, 6.45) is 3.15. The number of hydrogen-bond donors (Lipinski definition) is 2. The lowest BCUT2D eigenvalue weighted by molar-refractivity contribution is 0.199. The van der Waals surface area contributed by atoms with E-state index >= 15 is 0 Å². The van der Waals surface area contributed by atoms with Crippen molar-refractivity contribution in [3.8, 4) is 0 Å². The summed E-state index contributed by atoms with van der Waals surface area (Å²) in [5.41, 5.74) is 5.25. The van der Waals surface area contributed by atoms with E-state index < -0.39 is 5.54 Å². The predicted octanol–water partition coefficient (Wildman–Crippen LogP) is 0.922. The van der Waals surface area contributed by atoms with Gasteiger partial charge in [0.25, 0.3) is 0 Å². The Morgan fingerprint density at radius 3 is 2.92 bits per heavy atom. The topological polar surface area (TPSA) is 59.4 Å². The summed E-state index contributed by atoms with van der Waals surface area (Å²) in [5.74, 6) is 0.917. The molecule has 0 radical (unpaired) electrons. The number of rotatable bonds is 4. The SMILES string of the molecule is CC(N)(CO)CCc1ccco1. The molecule has 3 nitrogen and oxygen atoms in total. The van der Waals surface area contributed by atoms with E-state index in [1.165, 1.54) is 0 Å². The van der Waals surface area contributed by atoms with Crippen LogP contribution in [0, 0.1) is 0 Å². The molecule has 12 heavy (non-hydrogen) atoms. The fourth-order valence-electron chi connectivity index (χ4n) is 0.943. The Morgan fingerprint density at radius 2 is 2.42 bits per heavy atom. The van der Waals surface area contributed by atoms with Crippen LogP contribution < -0.4 is 5.73 Å². The first kappa shape index (κ1) is 9.29. The highest BCUT2D eigenvalue weighted by Gasteiger charge is 2.16. The maximum atomic E-state index is 8.87. The zero-order valence-corrected chi connectivity index (χ0v) is 7.29. The van der Waals surface area contributed by atoms with Gasteiger partial charge in [-0.3, -0.25) is 0 Å². The molecule has 0 bridgehead atoms. The highest BCUT2D eigenvalue weighted by molar-refractivity contribution is 4.99. The van der Waals surface area contributed by atoms with Gasteiger partial charge in [-0.25, -0.2) is 0 Å². The minimum Gasteiger partial charge on any atom is -0.469 e. The number of furan rings is 1. The van der Waals surface area contributed by atoms with Crippen LogP contribution in [0.5, 0.6) is 0 Å². The zero-order chi connectivity index (χ0) is 9.03. The Balaban J connectivity index is 2.36. The largest absolute Gasteiger partial charge is 0.469 e. The molecule has 1 rings (SSSR count). The second-order valence-electron chi connectivity index (χ2n) is 3.39. The summed E-state index contributed by atoms with van der Waals surface area (Å²) < 4.78 is 5.14. The van der Waals surface area contributed by atoms with Crippen molar-refractivity contribution in [2.75, 3.05) is 6.61 Å². The average molecular weight is 169 g/mol. The third-order valence-corrected chi connectivity index (χ3v) is 1.88. The molecule has 0 fully saturated rings. The van der Waals surface area contributed by atoms with E-state index in [9.17, 15) is 0 Å². The van der Waals surface area contributed by atoms with Crippen LogP contribution in [0.2, 0.25) is 0 Å². The van der Waals surface area contributed by atoms with Crippen molar-refractivity contribution in [2.45, 2.75) is 25.3 Å². The first-order valence-electron chi connectivity index (χ1n) is 4.06. The van der Waals surface area contributed by atoms with Crippen LogP contribution in [0.4, 0.5) is 0 Å². The van der Waals surface area contributed by atoms with Crippen LogP contribution in [-0.4, -0.2) is 17.3 Å². The number of aliphatic hydroxyl groups excluding tert-OH is 1. The normalized spacial score (nSPS) is 15.9. The van der Waals surface area contributed by atoms with Crippen molar-refractivity contribution in [2.24, 2.45) is 5.73 Å². The van der Waals surface area contributed by atoms with Gasteiger partial charge in [-0.1, -0.05) is 0 Å². The van der Waals surface area contributed by atoms with Gasteiger partial charge in [0.15, 0.2) is 0 Å². The van der Waals surface area contributed by atoms with Gasteiger partial charge >= 0.3 is 0 Å². The Kier molecular flexibility index (Phi) is 2.89. The van der Waals surface area contributed by atoms with E-state index in [1.54, 1.807) is 6.26 Å². The third kappa shape index (κ3) is 2.68. The summed E-state index contributed by atoms with van der Waals surface area (Å²) >= 11 is 0. The summed E-state index contributed by atoms with van der Waals surface area (Å²) in [6.45, 7) is 1.84. The van der Waals surface area contributed by atoms with E-state index in [0.29, 0.717) is 0 Å². The molecule has 1 unspecified atom stereocenters. The van der Waals surface area contributed by atoms with E-state index in [0.717, 1.165) is 18.6 Å². The van der Waals surface area contributed by atoms with Crippen molar-refractivity contribution in [1.82, 2.24) is 0 Å². The molecule has 0 spiro atoms. The number of aryl methyl sites for hydroxylation is 1. The fourth-order valence-corrected chi connectivity index (χ4v) is 0.943. The van der Waals surface area contributed by atoms with Crippen LogP contribution in [-0.2, 0) is 6.42 Å². The van der Waals surface area contributed by atoms with Gasteiger partial charge in [0.1, 0.15) is 5.76 Å². The first-order chi connectivity index (χ1) is 5.64. The molecule has 1 atom stereocenters. The van der Waals surface area contributed by atoms with Crippen LogP contribution in [0.15, 0.2) is 22.8 Å². The zero-order valence-electron chi connectivity index (χ0n) is 7.29. The highest BCUT2D eigenvalue weighted by Crippen LogP contribution is 2.11. The molecular weight excluding hydrogens is 154 g/mol. The average Bonchev–Trinajstić information content (AvgIpc) is 2.53. The monoisotopic (exact) mass is 169 g/mol. The molecule has 3 heteroatoms. The number of nitrogens with two attached hydrogens (primary N) is 1. The van der Waals surface area contributed by atoms with E-state index in [2.05, 4.69) is 0 Å². The highest BCUT2D eigenvalue weighted by atomic mass is 16.3. The van der Waals surface area contributed by atoms with Gasteiger partial charge in [0.2, 0.25) is 0 Å². The van der Waals surface area contributed by atoms with Crippen molar-refractivity contribution in [1.29, 1.82) is 0 Å². The molecule has 0 aromatic carbocycles. The number of aliphatic hydroxyl groups is 1. The number of hydrogen-bond acceptors (Lipinski definition) is 3. The Labute approximate surface area is 72.2 Å². The molecule has 68 valence electrons. The maximum absolute atomic E-state index is 8.87.